The molecule has 0 spiro atoms. The van der Waals surface area contributed by atoms with Gasteiger partial charge in [0, 0.05) is 34.1 Å². The van der Waals surface area contributed by atoms with Gasteiger partial charge in [-0.1, -0.05) is 35.5 Å². The second-order valence-corrected chi connectivity index (χ2v) is 10.4. The highest BCUT2D eigenvalue weighted by molar-refractivity contribution is 7.99. The van der Waals surface area contributed by atoms with Crippen LogP contribution >= 0.6 is 23.1 Å². The van der Waals surface area contributed by atoms with Gasteiger partial charge in [-0.25, -0.2) is 4.98 Å². The summed E-state index contributed by atoms with van der Waals surface area (Å²) in [4.78, 5) is 32.9. The number of ketones is 1. The molecule has 3 heterocycles. The molecule has 3 aromatic heterocycles. The van der Waals surface area contributed by atoms with Crippen LogP contribution in [0, 0.1) is 34.6 Å². The standard InChI is InChI=1S/C26H27N3O2S2/c1-7-12-28-25(31)23-17(4)19(6)33-24(23)27-26(28)32-14-22(30)21-13-16(3)29(18(21)5)20-10-8-15(2)9-11-20/h7-11,13H,1,12,14H2,2-6H3. The summed E-state index contributed by atoms with van der Waals surface area (Å²) in [5.41, 5.74) is 5.76. The van der Waals surface area contributed by atoms with Crippen molar-refractivity contribution in [2.75, 3.05) is 5.75 Å². The summed E-state index contributed by atoms with van der Waals surface area (Å²) in [7, 11) is 0. The van der Waals surface area contributed by atoms with E-state index < -0.39 is 0 Å². The molecule has 0 radical (unpaired) electrons. The van der Waals surface area contributed by atoms with Gasteiger partial charge in [-0.2, -0.15) is 0 Å². The van der Waals surface area contributed by atoms with Gasteiger partial charge in [-0.3, -0.25) is 14.2 Å². The number of nitrogens with zero attached hydrogens (tertiary/aromatic N) is 3. The topological polar surface area (TPSA) is 56.9 Å². The van der Waals surface area contributed by atoms with Gasteiger partial charge in [0.2, 0.25) is 0 Å². The number of rotatable bonds is 7. The Morgan fingerprint density at radius 1 is 1.15 bits per heavy atom. The Labute approximate surface area is 201 Å². The third-order valence-electron chi connectivity index (χ3n) is 5.92. The molecule has 0 aliphatic heterocycles. The van der Waals surface area contributed by atoms with Crippen LogP contribution in [0.1, 0.15) is 37.7 Å². The quantitative estimate of drug-likeness (QED) is 0.143. The van der Waals surface area contributed by atoms with Crippen molar-refractivity contribution in [2.45, 2.75) is 46.3 Å². The van der Waals surface area contributed by atoms with Crippen LogP contribution in [-0.2, 0) is 6.54 Å². The normalized spacial score (nSPS) is 11.3. The minimum absolute atomic E-state index is 0.0181. The third kappa shape index (κ3) is 4.23. The van der Waals surface area contributed by atoms with Crippen LogP contribution in [0.2, 0.25) is 0 Å². The van der Waals surface area contributed by atoms with Crippen molar-refractivity contribution in [3.05, 3.63) is 86.3 Å². The Hall–Kier alpha value is -2.90. The summed E-state index contributed by atoms with van der Waals surface area (Å²) in [6, 6.07) is 10.2. The molecule has 0 N–H and O–H groups in total. The van der Waals surface area contributed by atoms with Crippen molar-refractivity contribution in [3.63, 3.8) is 0 Å². The lowest BCUT2D eigenvalue weighted by molar-refractivity contribution is 0.102. The SMILES string of the molecule is C=CCn1c(SCC(=O)c2cc(C)n(-c3ccc(C)cc3)c2C)nc2sc(C)c(C)c2c1=O. The van der Waals surface area contributed by atoms with E-state index in [2.05, 4.69) is 42.3 Å². The zero-order chi connectivity index (χ0) is 23.9. The smallest absolute Gasteiger partial charge is 0.263 e. The maximum atomic E-state index is 13.2. The van der Waals surface area contributed by atoms with Gasteiger partial charge in [0.1, 0.15) is 4.83 Å². The van der Waals surface area contributed by atoms with Crippen LogP contribution in [-0.4, -0.2) is 25.7 Å². The zero-order valence-corrected chi connectivity index (χ0v) is 21.2. The van der Waals surface area contributed by atoms with E-state index in [1.807, 2.05) is 33.8 Å². The number of aryl methyl sites for hydroxylation is 4. The van der Waals surface area contributed by atoms with E-state index in [9.17, 15) is 9.59 Å². The fourth-order valence-electron chi connectivity index (χ4n) is 4.05. The highest BCUT2D eigenvalue weighted by Crippen LogP contribution is 2.29. The van der Waals surface area contributed by atoms with Gasteiger partial charge in [-0.05, 0) is 58.4 Å². The Balaban J connectivity index is 1.65. The number of benzene rings is 1. The van der Waals surface area contributed by atoms with Gasteiger partial charge in [0.05, 0.1) is 11.1 Å². The number of Topliss-reactive ketones (excluding diaryl/α,β-unsaturated/α-hetero) is 1. The molecule has 170 valence electrons. The minimum atomic E-state index is -0.0748. The van der Waals surface area contributed by atoms with E-state index in [0.717, 1.165) is 32.3 Å². The molecule has 0 atom stereocenters. The number of carbonyl (C=O) groups excluding carboxylic acids is 1. The molecular weight excluding hydrogens is 450 g/mol. The predicted octanol–water partition coefficient (Wildman–Crippen LogP) is 5.95. The molecule has 0 aliphatic carbocycles. The van der Waals surface area contributed by atoms with Crippen molar-refractivity contribution >= 4 is 39.1 Å². The zero-order valence-electron chi connectivity index (χ0n) is 19.6. The number of hydrogen-bond acceptors (Lipinski definition) is 5. The predicted molar refractivity (Wildman–Crippen MR) is 139 cm³/mol. The van der Waals surface area contributed by atoms with Gasteiger partial charge in [0.25, 0.3) is 5.56 Å². The van der Waals surface area contributed by atoms with Crippen LogP contribution in [0.25, 0.3) is 15.9 Å². The first kappa shape index (κ1) is 23.3. The monoisotopic (exact) mass is 477 g/mol. The summed E-state index contributed by atoms with van der Waals surface area (Å²) >= 11 is 2.83. The Bertz CT molecular complexity index is 1440. The van der Waals surface area contributed by atoms with Crippen LogP contribution in [0.4, 0.5) is 0 Å². The van der Waals surface area contributed by atoms with Gasteiger partial charge >= 0.3 is 0 Å². The maximum absolute atomic E-state index is 13.2. The van der Waals surface area contributed by atoms with Crippen LogP contribution in [0.5, 0.6) is 0 Å². The number of hydrogen-bond donors (Lipinski definition) is 0. The average Bonchev–Trinajstić information content (AvgIpc) is 3.24. The van der Waals surface area contributed by atoms with E-state index in [-0.39, 0.29) is 17.1 Å². The number of aromatic nitrogens is 3. The molecule has 0 fully saturated rings. The minimum Gasteiger partial charge on any atom is -0.318 e. The van der Waals surface area contributed by atoms with E-state index in [1.54, 1.807) is 10.6 Å². The third-order valence-corrected chi connectivity index (χ3v) is 8.00. The molecule has 0 amide bonds. The number of fused-ring (bicyclic) bond motifs is 1. The van der Waals surface area contributed by atoms with Crippen LogP contribution < -0.4 is 5.56 Å². The second-order valence-electron chi connectivity index (χ2n) is 8.23. The van der Waals surface area contributed by atoms with E-state index in [0.29, 0.717) is 22.7 Å². The summed E-state index contributed by atoms with van der Waals surface area (Å²) in [5.74, 6) is 0.223. The van der Waals surface area contributed by atoms with Crippen LogP contribution in [0.15, 0.2) is 52.9 Å². The summed E-state index contributed by atoms with van der Waals surface area (Å²) in [6.07, 6.45) is 1.69. The first-order valence-electron chi connectivity index (χ1n) is 10.8. The first-order chi connectivity index (χ1) is 15.7. The van der Waals surface area contributed by atoms with Crippen molar-refractivity contribution in [1.29, 1.82) is 0 Å². The van der Waals surface area contributed by atoms with Gasteiger partial charge in [-0.15, -0.1) is 17.9 Å². The molecule has 4 aromatic rings. The number of carbonyl (C=O) groups is 1. The largest absolute Gasteiger partial charge is 0.318 e. The van der Waals surface area contributed by atoms with Crippen molar-refractivity contribution in [1.82, 2.24) is 14.1 Å². The molecule has 0 unspecified atom stereocenters. The molecule has 4 rings (SSSR count). The average molecular weight is 478 g/mol. The lowest BCUT2D eigenvalue weighted by Gasteiger charge is -2.11. The molecule has 33 heavy (non-hydrogen) atoms. The summed E-state index contributed by atoms with van der Waals surface area (Å²) in [6.45, 7) is 14.1. The molecule has 7 heteroatoms. The van der Waals surface area contributed by atoms with Gasteiger partial charge < -0.3 is 4.57 Å². The lowest BCUT2D eigenvalue weighted by Crippen LogP contribution is -2.23. The lowest BCUT2D eigenvalue weighted by atomic mass is 10.2. The van der Waals surface area contributed by atoms with Crippen molar-refractivity contribution in [3.8, 4) is 5.69 Å². The highest BCUT2D eigenvalue weighted by Gasteiger charge is 2.20. The molecule has 0 aliphatic rings. The Kier molecular flexibility index (Phi) is 6.45. The summed E-state index contributed by atoms with van der Waals surface area (Å²) < 4.78 is 3.72. The van der Waals surface area contributed by atoms with Crippen molar-refractivity contribution < 1.29 is 4.79 Å². The Morgan fingerprint density at radius 3 is 2.52 bits per heavy atom. The number of allylic oxidation sites excluding steroid dienone is 1. The maximum Gasteiger partial charge on any atom is 0.263 e. The Morgan fingerprint density at radius 2 is 1.85 bits per heavy atom. The van der Waals surface area contributed by atoms with Crippen molar-refractivity contribution in [2.24, 2.45) is 0 Å². The first-order valence-corrected chi connectivity index (χ1v) is 12.6. The fourth-order valence-corrected chi connectivity index (χ4v) is 6.02. The molecule has 0 saturated heterocycles. The summed E-state index contributed by atoms with van der Waals surface area (Å²) in [5, 5.41) is 1.21. The fraction of sp³-hybridized carbons (Fsp3) is 0.269. The molecule has 5 nitrogen and oxygen atoms in total. The van der Waals surface area contributed by atoms with E-state index >= 15 is 0 Å². The van der Waals surface area contributed by atoms with Gasteiger partial charge in [0.15, 0.2) is 10.9 Å². The second kappa shape index (κ2) is 9.15. The number of thioether (sulfide) groups is 1. The number of thiophene rings is 1. The molecule has 1 aromatic carbocycles. The van der Waals surface area contributed by atoms with Crippen LogP contribution in [0.3, 0.4) is 0 Å². The highest BCUT2D eigenvalue weighted by atomic mass is 32.2. The van der Waals surface area contributed by atoms with E-state index in [1.165, 1.54) is 28.7 Å². The molecule has 0 bridgehead atoms. The molecular formula is C26H27N3O2S2. The molecule has 0 saturated carbocycles. The van der Waals surface area contributed by atoms with E-state index in [4.69, 9.17) is 4.98 Å².